The molecule has 0 bridgehead atoms. The topological polar surface area (TPSA) is 9.23 Å². The van der Waals surface area contributed by atoms with E-state index in [-0.39, 0.29) is 36.2 Å². The van der Waals surface area contributed by atoms with Gasteiger partial charge in [-0.1, -0.05) is 28.3 Å². The van der Waals surface area contributed by atoms with E-state index < -0.39 is 0 Å². The molecule has 0 spiro atoms. The summed E-state index contributed by atoms with van der Waals surface area (Å²) < 4.78 is 6.28. The molecule has 1 aromatic rings. The van der Waals surface area contributed by atoms with E-state index in [1.807, 2.05) is 0 Å². The van der Waals surface area contributed by atoms with Gasteiger partial charge in [-0.15, -0.1) is 17.0 Å². The molecule has 1 unspecified atom stereocenters. The summed E-state index contributed by atoms with van der Waals surface area (Å²) in [6, 6.07) is 6.41. The first-order valence-corrected chi connectivity index (χ1v) is 9.51. The first-order chi connectivity index (χ1) is 8.15. The third-order valence-corrected chi connectivity index (χ3v) is 4.40. The number of benzene rings is 1. The van der Waals surface area contributed by atoms with Gasteiger partial charge in [0.25, 0.3) is 0 Å². The monoisotopic (exact) mass is 344 g/mol. The van der Waals surface area contributed by atoms with Gasteiger partial charge in [0.1, 0.15) is 0 Å². The number of hydrogen-bond acceptors (Lipinski definition) is 1. The Morgan fingerprint density at radius 3 is 2.28 bits per heavy atom. The summed E-state index contributed by atoms with van der Waals surface area (Å²) in [6.45, 7) is 7.42. The van der Waals surface area contributed by atoms with Gasteiger partial charge in [-0.25, -0.2) is 0 Å². The molecule has 1 atom stereocenters. The first-order valence-electron chi connectivity index (χ1n) is 6.37. The van der Waals surface area contributed by atoms with E-state index >= 15 is 0 Å². The molecule has 0 aromatic heterocycles. The minimum Gasteiger partial charge on any atom is -0.379 e. The fourth-order valence-electron chi connectivity index (χ4n) is 2.08. The lowest BCUT2D eigenvalue weighted by atomic mass is 10.1. The Balaban J connectivity index is 0.000000352. The molecule has 1 aliphatic rings. The molecule has 0 saturated carbocycles. The van der Waals surface area contributed by atoms with Crippen molar-refractivity contribution in [3.63, 3.8) is 0 Å². The number of ether oxygens (including phenoxy) is 1. The standard InChI is InChI=1S/C9H11.C5H10O.BrH.ClH.Mg/c1-7-5-4-6-8(2)9(7)3;1-5-3-2-4-6-5;;;/h4-6H,3H2,1-2H3;5H,2-4H2,1H3;2*1H;/q;;;;+1/p-1. The van der Waals surface area contributed by atoms with Gasteiger partial charge < -0.3 is 13.8 Å². The second-order valence-corrected chi connectivity index (χ2v) is 6.64. The van der Waals surface area contributed by atoms with Crippen molar-refractivity contribution in [1.82, 2.24) is 0 Å². The van der Waals surface area contributed by atoms with E-state index in [2.05, 4.69) is 39.0 Å². The maximum atomic E-state index is 5.82. The zero-order valence-corrected chi connectivity index (χ0v) is 15.4. The fourth-order valence-corrected chi connectivity index (χ4v) is 3.62. The Morgan fingerprint density at radius 1 is 1.33 bits per heavy atom. The largest absolute Gasteiger partial charge is 0.505 e. The van der Waals surface area contributed by atoms with E-state index in [1.54, 1.807) is 0 Å². The Morgan fingerprint density at radius 2 is 1.94 bits per heavy atom. The predicted octanol–water partition coefficient (Wildman–Crippen LogP) is 4.42. The number of halogens is 2. The van der Waals surface area contributed by atoms with Crippen LogP contribution in [0.15, 0.2) is 18.2 Å². The molecule has 1 saturated heterocycles. The highest BCUT2D eigenvalue weighted by atomic mass is 79.9. The van der Waals surface area contributed by atoms with Crippen LogP contribution in [0.1, 0.15) is 36.5 Å². The lowest BCUT2D eigenvalue weighted by Crippen LogP contribution is -1.95. The van der Waals surface area contributed by atoms with E-state index in [9.17, 15) is 0 Å². The number of aryl methyl sites for hydroxylation is 2. The van der Waals surface area contributed by atoms with E-state index in [0.29, 0.717) is 6.10 Å². The highest BCUT2D eigenvalue weighted by molar-refractivity contribution is 8.93. The zero-order chi connectivity index (χ0) is 12.7. The molecule has 18 heavy (non-hydrogen) atoms. The molecule has 4 heteroatoms. The van der Waals surface area contributed by atoms with Crippen LogP contribution in [0, 0.1) is 13.8 Å². The quantitative estimate of drug-likeness (QED) is 0.721. The number of rotatable bonds is 2. The minimum absolute atomic E-state index is 0. The molecule has 0 radical (unpaired) electrons. The third-order valence-electron chi connectivity index (χ3n) is 3.15. The molecule has 0 amide bonds. The van der Waals surface area contributed by atoms with Crippen molar-refractivity contribution >= 4 is 45.3 Å². The average molecular weight is 346 g/mol. The van der Waals surface area contributed by atoms with Gasteiger partial charge in [-0.05, 0) is 44.7 Å². The lowest BCUT2D eigenvalue weighted by molar-refractivity contribution is 0.125. The maximum absolute atomic E-state index is 5.82. The fraction of sp³-hybridized carbons (Fsp3) is 0.571. The summed E-state index contributed by atoms with van der Waals surface area (Å²) in [5.41, 5.74) is 4.24. The van der Waals surface area contributed by atoms with Crippen LogP contribution in [-0.4, -0.2) is 32.0 Å². The van der Waals surface area contributed by atoms with E-state index in [4.69, 9.17) is 13.8 Å². The molecule has 0 aliphatic carbocycles. The second-order valence-electron chi connectivity index (χ2n) is 4.63. The Bertz CT molecular complexity index is 320. The van der Waals surface area contributed by atoms with Crippen LogP contribution in [0.5, 0.6) is 0 Å². The van der Waals surface area contributed by atoms with Crippen molar-refractivity contribution in [3.8, 4) is 0 Å². The van der Waals surface area contributed by atoms with Crippen LogP contribution in [0.25, 0.3) is 0 Å². The Hall–Kier alpha value is 0.716. The Kier molecular flexibility index (Phi) is 10.9. The van der Waals surface area contributed by atoms with Crippen molar-refractivity contribution in [2.45, 2.75) is 44.3 Å². The van der Waals surface area contributed by atoms with Crippen molar-refractivity contribution in [2.24, 2.45) is 0 Å². The minimum atomic E-state index is -0.355. The van der Waals surface area contributed by atoms with Crippen molar-refractivity contribution in [3.05, 3.63) is 34.9 Å². The summed E-state index contributed by atoms with van der Waals surface area (Å²) in [6.07, 6.45) is 3.08. The molecule has 1 fully saturated rings. The molecule has 1 heterocycles. The van der Waals surface area contributed by atoms with Crippen molar-refractivity contribution in [2.75, 3.05) is 6.61 Å². The molecular weight excluding hydrogens is 324 g/mol. The van der Waals surface area contributed by atoms with Crippen LogP contribution >= 0.6 is 26.1 Å². The van der Waals surface area contributed by atoms with Gasteiger partial charge in [0.2, 0.25) is 0 Å². The van der Waals surface area contributed by atoms with Crippen molar-refractivity contribution < 1.29 is 4.74 Å². The van der Waals surface area contributed by atoms with Crippen LogP contribution in [-0.2, 0) is 9.29 Å². The molecular formula is C14H22BrClMgO. The molecule has 100 valence electrons. The highest BCUT2D eigenvalue weighted by Gasteiger charge is 2.07. The van der Waals surface area contributed by atoms with Gasteiger partial charge in [-0.2, -0.15) is 0 Å². The van der Waals surface area contributed by atoms with Crippen molar-refractivity contribution in [1.29, 1.82) is 0 Å². The SMILES string of the molecule is Br.CC1CCCO1.Cc1cccc(C)c1[CH2][Mg][Cl]. The van der Waals surface area contributed by atoms with E-state index in [1.165, 1.54) is 29.5 Å². The summed E-state index contributed by atoms with van der Waals surface area (Å²) in [5.74, 6) is 0. The van der Waals surface area contributed by atoms with Gasteiger partial charge in [0.15, 0.2) is 0 Å². The molecule has 0 N–H and O–H groups in total. The molecule has 1 aromatic carbocycles. The first kappa shape index (κ1) is 18.7. The maximum Gasteiger partial charge on any atom is 0.505 e. The van der Waals surface area contributed by atoms with Gasteiger partial charge in [0.05, 0.1) is 6.10 Å². The Labute approximate surface area is 135 Å². The highest BCUT2D eigenvalue weighted by Crippen LogP contribution is 2.13. The molecule has 1 aliphatic heterocycles. The van der Waals surface area contributed by atoms with Gasteiger partial charge in [0, 0.05) is 6.61 Å². The number of hydrogen-bond donors (Lipinski definition) is 0. The molecule has 1 nitrogen and oxygen atoms in total. The second kappa shape index (κ2) is 10.5. The van der Waals surface area contributed by atoms with E-state index in [0.717, 1.165) is 11.2 Å². The smallest absolute Gasteiger partial charge is 0.379 e. The summed E-state index contributed by atoms with van der Waals surface area (Å²) in [7, 11) is 5.82. The third kappa shape index (κ3) is 6.76. The van der Waals surface area contributed by atoms with Gasteiger partial charge in [-0.3, -0.25) is 0 Å². The molecule has 2 rings (SSSR count). The summed E-state index contributed by atoms with van der Waals surface area (Å²) in [4.78, 5) is 0. The lowest BCUT2D eigenvalue weighted by Gasteiger charge is -2.06. The summed E-state index contributed by atoms with van der Waals surface area (Å²) >= 11 is -0.355. The van der Waals surface area contributed by atoms with Crippen LogP contribution in [0.4, 0.5) is 0 Å². The average Bonchev–Trinajstić information content (AvgIpc) is 2.76. The van der Waals surface area contributed by atoms with Gasteiger partial charge >= 0.3 is 19.3 Å². The summed E-state index contributed by atoms with van der Waals surface area (Å²) in [5, 5.41) is 0. The van der Waals surface area contributed by atoms with Crippen LogP contribution in [0.2, 0.25) is 0 Å². The predicted molar refractivity (Wildman–Crippen MR) is 86.2 cm³/mol. The van der Waals surface area contributed by atoms with Crippen LogP contribution in [0.3, 0.4) is 0 Å². The van der Waals surface area contributed by atoms with Crippen LogP contribution < -0.4 is 0 Å². The zero-order valence-electron chi connectivity index (χ0n) is 11.5. The normalized spacial score (nSPS) is 17.2.